The molecule has 1 unspecified atom stereocenters. The number of hydrogen-bond acceptors (Lipinski definition) is 3. The van der Waals surface area contributed by atoms with Gasteiger partial charge in [0.05, 0.1) is 0 Å². The number of halogens is 1. The number of rotatable bonds is 4. The quantitative estimate of drug-likeness (QED) is 0.894. The molecule has 1 saturated heterocycles. The number of amides is 1. The van der Waals surface area contributed by atoms with Crippen molar-refractivity contribution in [2.75, 3.05) is 13.1 Å². The third-order valence-electron chi connectivity index (χ3n) is 4.10. The highest BCUT2D eigenvalue weighted by Crippen LogP contribution is 2.16. The van der Waals surface area contributed by atoms with Crippen molar-refractivity contribution in [3.63, 3.8) is 0 Å². The molecule has 0 saturated carbocycles. The van der Waals surface area contributed by atoms with Crippen LogP contribution in [0.5, 0.6) is 0 Å². The van der Waals surface area contributed by atoms with Crippen molar-refractivity contribution in [2.24, 2.45) is 0 Å². The van der Waals surface area contributed by atoms with Crippen LogP contribution in [0.25, 0.3) is 0 Å². The fourth-order valence-corrected chi connectivity index (χ4v) is 3.20. The summed E-state index contributed by atoms with van der Waals surface area (Å²) in [5, 5.41) is 3.14. The minimum Gasteiger partial charge on any atom is -0.348 e. The second-order valence-electron chi connectivity index (χ2n) is 5.91. The van der Waals surface area contributed by atoms with Crippen LogP contribution in [-0.2, 0) is 6.54 Å². The summed E-state index contributed by atoms with van der Waals surface area (Å²) in [5.74, 6) is -0.0112. The Morgan fingerprint density at radius 3 is 2.70 bits per heavy atom. The minimum atomic E-state index is -0.0112. The van der Waals surface area contributed by atoms with Crippen LogP contribution >= 0.6 is 15.9 Å². The summed E-state index contributed by atoms with van der Waals surface area (Å²) in [5.41, 5.74) is 1.97. The lowest BCUT2D eigenvalue weighted by molar-refractivity contribution is 0.0900. The maximum absolute atomic E-state index is 12.3. The standard InChI is InChI=1S/C18H20BrN3O/c19-16-5-3-14(4-6-16)12-22-11-1-2-17(13-22)21-18(23)15-7-9-20-10-8-15/h3-10,17H,1-2,11-13H2,(H,21,23). The molecule has 1 aromatic carbocycles. The number of likely N-dealkylation sites (tertiary alicyclic amines) is 1. The van der Waals surface area contributed by atoms with Gasteiger partial charge in [-0.2, -0.15) is 0 Å². The van der Waals surface area contributed by atoms with Gasteiger partial charge in [-0.1, -0.05) is 28.1 Å². The topological polar surface area (TPSA) is 45.2 Å². The Morgan fingerprint density at radius 1 is 1.22 bits per heavy atom. The summed E-state index contributed by atoms with van der Waals surface area (Å²) in [4.78, 5) is 18.6. The fourth-order valence-electron chi connectivity index (χ4n) is 2.94. The molecule has 5 heteroatoms. The highest BCUT2D eigenvalue weighted by atomic mass is 79.9. The number of aromatic nitrogens is 1. The molecule has 0 aliphatic carbocycles. The maximum Gasteiger partial charge on any atom is 0.251 e. The second-order valence-corrected chi connectivity index (χ2v) is 6.83. The lowest BCUT2D eigenvalue weighted by Gasteiger charge is -2.33. The number of nitrogens with zero attached hydrogens (tertiary/aromatic N) is 2. The van der Waals surface area contributed by atoms with Crippen LogP contribution in [0.3, 0.4) is 0 Å². The van der Waals surface area contributed by atoms with Gasteiger partial charge in [-0.05, 0) is 49.2 Å². The van der Waals surface area contributed by atoms with E-state index in [1.807, 2.05) is 0 Å². The van der Waals surface area contributed by atoms with Crippen molar-refractivity contribution >= 4 is 21.8 Å². The van der Waals surface area contributed by atoms with Gasteiger partial charge in [0.15, 0.2) is 0 Å². The predicted octanol–water partition coefficient (Wildman–Crippen LogP) is 3.24. The summed E-state index contributed by atoms with van der Waals surface area (Å²) in [6, 6.07) is 12.1. The monoisotopic (exact) mass is 373 g/mol. The maximum atomic E-state index is 12.3. The van der Waals surface area contributed by atoms with E-state index in [2.05, 4.69) is 55.4 Å². The summed E-state index contributed by atoms with van der Waals surface area (Å²) in [6.07, 6.45) is 5.44. The average molecular weight is 374 g/mol. The number of pyridine rings is 1. The molecule has 120 valence electrons. The average Bonchev–Trinajstić information content (AvgIpc) is 2.58. The zero-order valence-corrected chi connectivity index (χ0v) is 14.5. The van der Waals surface area contributed by atoms with E-state index < -0.39 is 0 Å². The third-order valence-corrected chi connectivity index (χ3v) is 4.63. The van der Waals surface area contributed by atoms with E-state index >= 15 is 0 Å². The normalized spacial score (nSPS) is 18.6. The molecule has 1 aliphatic rings. The van der Waals surface area contributed by atoms with Crippen molar-refractivity contribution in [3.8, 4) is 0 Å². The van der Waals surface area contributed by atoms with Gasteiger partial charge in [-0.15, -0.1) is 0 Å². The van der Waals surface area contributed by atoms with Crippen LogP contribution in [-0.4, -0.2) is 34.9 Å². The van der Waals surface area contributed by atoms with Gasteiger partial charge in [0, 0.05) is 41.6 Å². The highest BCUT2D eigenvalue weighted by molar-refractivity contribution is 9.10. The first-order valence-electron chi connectivity index (χ1n) is 7.88. The Kier molecular flexibility index (Phi) is 5.41. The third kappa shape index (κ3) is 4.62. The van der Waals surface area contributed by atoms with Gasteiger partial charge in [0.1, 0.15) is 0 Å². The van der Waals surface area contributed by atoms with Crippen molar-refractivity contribution in [1.29, 1.82) is 0 Å². The molecular formula is C18H20BrN3O. The van der Waals surface area contributed by atoms with E-state index in [1.165, 1.54) is 5.56 Å². The molecule has 2 aromatic rings. The summed E-state index contributed by atoms with van der Waals surface area (Å²) in [6.45, 7) is 2.90. The van der Waals surface area contributed by atoms with Crippen molar-refractivity contribution in [3.05, 3.63) is 64.4 Å². The summed E-state index contributed by atoms with van der Waals surface area (Å²) >= 11 is 3.46. The molecule has 2 heterocycles. The zero-order valence-electron chi connectivity index (χ0n) is 12.9. The first kappa shape index (κ1) is 16.1. The molecule has 1 atom stereocenters. The number of nitrogens with one attached hydrogen (secondary N) is 1. The number of carbonyl (C=O) groups is 1. The predicted molar refractivity (Wildman–Crippen MR) is 94.1 cm³/mol. The molecule has 1 aliphatic heterocycles. The Morgan fingerprint density at radius 2 is 1.96 bits per heavy atom. The molecular weight excluding hydrogens is 354 g/mol. The van der Waals surface area contributed by atoms with Gasteiger partial charge in [0.25, 0.3) is 5.91 Å². The van der Waals surface area contributed by atoms with E-state index in [4.69, 9.17) is 0 Å². The van der Waals surface area contributed by atoms with Crippen LogP contribution in [0.1, 0.15) is 28.8 Å². The first-order valence-corrected chi connectivity index (χ1v) is 8.68. The summed E-state index contributed by atoms with van der Waals surface area (Å²) in [7, 11) is 0. The van der Waals surface area contributed by atoms with Gasteiger partial charge in [-0.25, -0.2) is 0 Å². The molecule has 0 spiro atoms. The number of hydrogen-bond donors (Lipinski definition) is 1. The Bertz CT molecular complexity index is 645. The molecule has 1 aromatic heterocycles. The fraction of sp³-hybridized carbons (Fsp3) is 0.333. The van der Waals surface area contributed by atoms with Crippen molar-refractivity contribution in [1.82, 2.24) is 15.2 Å². The van der Waals surface area contributed by atoms with E-state index in [-0.39, 0.29) is 11.9 Å². The van der Waals surface area contributed by atoms with Crippen LogP contribution in [0.15, 0.2) is 53.3 Å². The molecule has 1 N–H and O–H groups in total. The van der Waals surface area contributed by atoms with Gasteiger partial charge >= 0.3 is 0 Å². The Balaban J connectivity index is 1.55. The minimum absolute atomic E-state index is 0.0112. The molecule has 4 nitrogen and oxygen atoms in total. The van der Waals surface area contributed by atoms with Crippen molar-refractivity contribution < 1.29 is 4.79 Å². The largest absolute Gasteiger partial charge is 0.348 e. The molecule has 0 bridgehead atoms. The first-order chi connectivity index (χ1) is 11.2. The Labute approximate surface area is 145 Å². The second kappa shape index (κ2) is 7.70. The molecule has 1 amide bonds. The van der Waals surface area contributed by atoms with E-state index in [9.17, 15) is 4.79 Å². The Hall–Kier alpha value is -1.72. The highest BCUT2D eigenvalue weighted by Gasteiger charge is 2.21. The number of carbonyl (C=O) groups excluding carboxylic acids is 1. The number of piperidine rings is 1. The molecule has 23 heavy (non-hydrogen) atoms. The smallest absolute Gasteiger partial charge is 0.251 e. The van der Waals surface area contributed by atoms with Gasteiger partial charge in [-0.3, -0.25) is 14.7 Å². The lowest BCUT2D eigenvalue weighted by atomic mass is 10.0. The SMILES string of the molecule is O=C(NC1CCCN(Cc2ccc(Br)cc2)C1)c1ccncc1. The molecule has 0 radical (unpaired) electrons. The molecule has 1 fully saturated rings. The van der Waals surface area contributed by atoms with Crippen LogP contribution in [0.2, 0.25) is 0 Å². The van der Waals surface area contributed by atoms with Crippen molar-refractivity contribution in [2.45, 2.75) is 25.4 Å². The van der Waals surface area contributed by atoms with Gasteiger partial charge in [0.2, 0.25) is 0 Å². The van der Waals surface area contributed by atoms with Gasteiger partial charge < -0.3 is 5.32 Å². The van der Waals surface area contributed by atoms with E-state index in [1.54, 1.807) is 24.5 Å². The van der Waals surface area contributed by atoms with Crippen LogP contribution in [0.4, 0.5) is 0 Å². The zero-order chi connectivity index (χ0) is 16.1. The summed E-state index contributed by atoms with van der Waals surface area (Å²) < 4.78 is 1.10. The van der Waals surface area contributed by atoms with Crippen LogP contribution < -0.4 is 5.32 Å². The molecule has 3 rings (SSSR count). The van der Waals surface area contributed by atoms with Crippen LogP contribution in [0, 0.1) is 0 Å². The van der Waals surface area contributed by atoms with E-state index in [0.717, 1.165) is 36.9 Å². The van der Waals surface area contributed by atoms with E-state index in [0.29, 0.717) is 5.56 Å². The lowest BCUT2D eigenvalue weighted by Crippen LogP contribution is -2.47. The number of benzene rings is 1.